The minimum absolute atomic E-state index is 0.0763. The van der Waals surface area contributed by atoms with Crippen molar-refractivity contribution in [3.05, 3.63) is 48.1 Å². The van der Waals surface area contributed by atoms with Crippen LogP contribution in [0.5, 0.6) is 0 Å². The Morgan fingerprint density at radius 1 is 1.18 bits per heavy atom. The van der Waals surface area contributed by atoms with Gasteiger partial charge in [-0.3, -0.25) is 9.48 Å². The van der Waals surface area contributed by atoms with Crippen LogP contribution >= 0.6 is 0 Å². The average molecular weight is 460 g/mol. The normalized spacial score (nSPS) is 20.0. The van der Waals surface area contributed by atoms with Crippen molar-refractivity contribution >= 4 is 11.9 Å². The number of anilines is 1. The van der Waals surface area contributed by atoms with Crippen LogP contribution in [-0.2, 0) is 7.05 Å². The molecule has 1 N–H and O–H groups in total. The summed E-state index contributed by atoms with van der Waals surface area (Å²) in [5, 5.41) is 7.22. The zero-order chi connectivity index (χ0) is 23.8. The van der Waals surface area contributed by atoms with E-state index in [9.17, 15) is 18.0 Å². The molecule has 0 radical (unpaired) electrons. The van der Waals surface area contributed by atoms with Crippen molar-refractivity contribution in [3.8, 4) is 11.4 Å². The number of halogens is 3. The van der Waals surface area contributed by atoms with E-state index in [1.807, 2.05) is 6.92 Å². The number of amides is 1. The number of piperidine rings is 1. The molecule has 2 atom stereocenters. The first-order chi connectivity index (χ1) is 15.6. The highest BCUT2D eigenvalue weighted by Gasteiger charge is 2.47. The lowest BCUT2D eigenvalue weighted by atomic mass is 9.88. The Labute approximate surface area is 188 Å². The molecule has 4 rings (SSSR count). The molecule has 1 amide bonds. The monoisotopic (exact) mass is 460 g/mol. The fraction of sp³-hybridized carbons (Fsp3) is 0.429. The van der Waals surface area contributed by atoms with Crippen LogP contribution in [0.4, 0.5) is 19.1 Å². The molecule has 33 heavy (non-hydrogen) atoms. The molecule has 1 saturated heterocycles. The van der Waals surface area contributed by atoms with Crippen LogP contribution in [0.2, 0.25) is 0 Å². The van der Waals surface area contributed by atoms with Gasteiger partial charge in [0.2, 0.25) is 5.95 Å². The molecule has 1 aliphatic rings. The number of hydrogen-bond acceptors (Lipinski definition) is 7. The molecule has 0 aliphatic carbocycles. The summed E-state index contributed by atoms with van der Waals surface area (Å²) in [7, 11) is 1.59. The lowest BCUT2D eigenvalue weighted by molar-refractivity contribution is -0.0898. The molecule has 0 spiro atoms. The molecule has 3 aromatic rings. The van der Waals surface area contributed by atoms with E-state index in [1.165, 1.54) is 10.9 Å². The summed E-state index contributed by atoms with van der Waals surface area (Å²) < 4.78 is 43.6. The SMILES string of the molecule is Cc1cnc(NC[C@@H]2[C@H](C)CC(F)(F)CN2C(=O)c2nn(C)cc2-c2ncc(F)cn2)nc1. The third-order valence-corrected chi connectivity index (χ3v) is 5.48. The van der Waals surface area contributed by atoms with Crippen molar-refractivity contribution in [2.24, 2.45) is 13.0 Å². The van der Waals surface area contributed by atoms with Crippen LogP contribution in [0.15, 0.2) is 31.0 Å². The van der Waals surface area contributed by atoms with Crippen molar-refractivity contribution in [3.63, 3.8) is 0 Å². The number of alkyl halides is 2. The van der Waals surface area contributed by atoms with Gasteiger partial charge in [-0.15, -0.1) is 0 Å². The van der Waals surface area contributed by atoms with E-state index >= 15 is 0 Å². The van der Waals surface area contributed by atoms with Crippen molar-refractivity contribution in [1.29, 1.82) is 0 Å². The first-order valence-electron chi connectivity index (χ1n) is 10.4. The van der Waals surface area contributed by atoms with Gasteiger partial charge in [0.1, 0.15) is 0 Å². The van der Waals surface area contributed by atoms with Gasteiger partial charge in [-0.1, -0.05) is 6.92 Å². The predicted octanol–water partition coefficient (Wildman–Crippen LogP) is 2.71. The molecule has 0 saturated carbocycles. The van der Waals surface area contributed by atoms with E-state index in [-0.39, 0.29) is 30.0 Å². The number of aromatic nitrogens is 6. The van der Waals surface area contributed by atoms with E-state index in [4.69, 9.17) is 0 Å². The van der Waals surface area contributed by atoms with Gasteiger partial charge in [0.25, 0.3) is 11.8 Å². The lowest BCUT2D eigenvalue weighted by Crippen LogP contribution is -2.57. The summed E-state index contributed by atoms with van der Waals surface area (Å²) >= 11 is 0. The summed E-state index contributed by atoms with van der Waals surface area (Å²) in [4.78, 5) is 30.8. The Kier molecular flexibility index (Phi) is 6.00. The second kappa shape index (κ2) is 8.75. The molecule has 1 fully saturated rings. The van der Waals surface area contributed by atoms with Crippen LogP contribution in [0.25, 0.3) is 11.4 Å². The summed E-state index contributed by atoms with van der Waals surface area (Å²) in [6.07, 6.45) is 6.36. The van der Waals surface area contributed by atoms with Crippen molar-refractivity contribution < 1.29 is 18.0 Å². The lowest BCUT2D eigenvalue weighted by Gasteiger charge is -2.43. The summed E-state index contributed by atoms with van der Waals surface area (Å²) in [6, 6.07) is -0.564. The Bertz CT molecular complexity index is 1130. The third kappa shape index (κ3) is 4.94. The Hall–Kier alpha value is -3.57. The van der Waals surface area contributed by atoms with Gasteiger partial charge in [0, 0.05) is 38.6 Å². The first-order valence-corrected chi connectivity index (χ1v) is 10.4. The Balaban J connectivity index is 1.64. The van der Waals surface area contributed by atoms with Crippen LogP contribution < -0.4 is 5.32 Å². The number of rotatable bonds is 5. The second-order valence-corrected chi connectivity index (χ2v) is 8.29. The number of nitrogens with one attached hydrogen (secondary N) is 1. The molecule has 9 nitrogen and oxygen atoms in total. The van der Waals surface area contributed by atoms with E-state index in [2.05, 4.69) is 30.4 Å². The van der Waals surface area contributed by atoms with Crippen molar-refractivity contribution in [2.45, 2.75) is 32.2 Å². The van der Waals surface area contributed by atoms with Crippen LogP contribution in [0.3, 0.4) is 0 Å². The molecule has 4 heterocycles. The highest BCUT2D eigenvalue weighted by atomic mass is 19.3. The summed E-state index contributed by atoms with van der Waals surface area (Å²) in [6.45, 7) is 2.96. The summed E-state index contributed by atoms with van der Waals surface area (Å²) in [5.74, 6) is -4.45. The number of carbonyl (C=O) groups is 1. The Morgan fingerprint density at radius 2 is 1.85 bits per heavy atom. The van der Waals surface area contributed by atoms with Gasteiger partial charge in [0.15, 0.2) is 17.3 Å². The molecular weight excluding hydrogens is 437 g/mol. The molecule has 0 bridgehead atoms. The predicted molar refractivity (Wildman–Crippen MR) is 113 cm³/mol. The maximum atomic E-state index is 14.5. The quantitative estimate of drug-likeness (QED) is 0.625. The van der Waals surface area contributed by atoms with Gasteiger partial charge in [-0.2, -0.15) is 5.10 Å². The van der Waals surface area contributed by atoms with Gasteiger partial charge in [-0.05, 0) is 18.4 Å². The fourth-order valence-electron chi connectivity index (χ4n) is 3.96. The van der Waals surface area contributed by atoms with E-state index in [0.717, 1.165) is 22.9 Å². The van der Waals surface area contributed by atoms with E-state index in [0.29, 0.717) is 5.95 Å². The highest BCUT2D eigenvalue weighted by Crippen LogP contribution is 2.36. The third-order valence-electron chi connectivity index (χ3n) is 5.48. The fourth-order valence-corrected chi connectivity index (χ4v) is 3.96. The first kappa shape index (κ1) is 22.6. The van der Waals surface area contributed by atoms with Crippen LogP contribution in [-0.4, -0.2) is 65.6 Å². The average Bonchev–Trinajstić information content (AvgIpc) is 3.15. The number of carbonyl (C=O) groups excluding carboxylic acids is 1. The largest absolute Gasteiger partial charge is 0.352 e. The van der Waals surface area contributed by atoms with Gasteiger partial charge in [0.05, 0.1) is 30.5 Å². The maximum absolute atomic E-state index is 14.5. The molecule has 0 aromatic carbocycles. The molecule has 1 aliphatic heterocycles. The molecule has 174 valence electrons. The molecule has 3 aromatic heterocycles. The van der Waals surface area contributed by atoms with E-state index in [1.54, 1.807) is 26.4 Å². The van der Waals surface area contributed by atoms with Crippen LogP contribution in [0, 0.1) is 18.7 Å². The standard InChI is InChI=1S/C21H23F3N8O/c1-12-5-27-20(28-6-12)29-9-16-13(2)4-21(23,24)11-32(16)19(33)17-15(10-31(3)30-17)18-25-7-14(22)8-26-18/h5-8,10,13,16H,4,9,11H2,1-3H3,(H,27,28,29)/t13-,16-/m1/s1. The minimum atomic E-state index is -3.05. The number of hydrogen-bond donors (Lipinski definition) is 1. The van der Waals surface area contributed by atoms with Crippen molar-refractivity contribution in [1.82, 2.24) is 34.6 Å². The van der Waals surface area contributed by atoms with Crippen LogP contribution in [0.1, 0.15) is 29.4 Å². The molecule has 0 unspecified atom stereocenters. The topological polar surface area (TPSA) is 102 Å². The highest BCUT2D eigenvalue weighted by molar-refractivity contribution is 5.98. The number of aryl methyl sites for hydroxylation is 2. The zero-order valence-electron chi connectivity index (χ0n) is 18.3. The maximum Gasteiger partial charge on any atom is 0.275 e. The second-order valence-electron chi connectivity index (χ2n) is 8.29. The minimum Gasteiger partial charge on any atom is -0.352 e. The smallest absolute Gasteiger partial charge is 0.275 e. The number of likely N-dealkylation sites (tertiary alicyclic amines) is 1. The molecule has 12 heteroatoms. The Morgan fingerprint density at radius 3 is 2.52 bits per heavy atom. The van der Waals surface area contributed by atoms with Gasteiger partial charge >= 0.3 is 0 Å². The summed E-state index contributed by atoms with van der Waals surface area (Å²) in [5.41, 5.74) is 1.04. The zero-order valence-corrected chi connectivity index (χ0v) is 18.3. The molecular formula is C21H23F3N8O. The van der Waals surface area contributed by atoms with Gasteiger partial charge < -0.3 is 10.2 Å². The van der Waals surface area contributed by atoms with Crippen molar-refractivity contribution in [2.75, 3.05) is 18.4 Å². The van der Waals surface area contributed by atoms with Gasteiger partial charge in [-0.25, -0.2) is 33.1 Å². The number of nitrogens with zero attached hydrogens (tertiary/aromatic N) is 7. The van der Waals surface area contributed by atoms with E-state index < -0.39 is 36.2 Å².